The van der Waals surface area contributed by atoms with Gasteiger partial charge in [-0.3, -0.25) is 9.79 Å². The second kappa shape index (κ2) is 13.8. The summed E-state index contributed by atoms with van der Waals surface area (Å²) in [4.78, 5) is 16.6. The Kier molecular flexibility index (Phi) is 11.0. The second-order valence-corrected chi connectivity index (χ2v) is 7.33. The molecule has 7 nitrogen and oxygen atoms in total. The SMILES string of the molecule is CCNC(=NCCCNC(=O)c1cccc(O)c1)NCCOC1CCCCCC1. The highest BCUT2D eigenvalue weighted by Crippen LogP contribution is 2.19. The lowest BCUT2D eigenvalue weighted by Crippen LogP contribution is -2.39. The average molecular weight is 405 g/mol. The van der Waals surface area contributed by atoms with Crippen molar-refractivity contribution in [2.24, 2.45) is 4.99 Å². The highest BCUT2D eigenvalue weighted by Gasteiger charge is 2.12. The molecule has 1 aromatic rings. The van der Waals surface area contributed by atoms with Crippen molar-refractivity contribution >= 4 is 11.9 Å². The van der Waals surface area contributed by atoms with Crippen LogP contribution >= 0.6 is 0 Å². The Morgan fingerprint density at radius 3 is 2.66 bits per heavy atom. The molecule has 1 saturated carbocycles. The number of carbonyl (C=O) groups excluding carboxylic acids is 1. The maximum Gasteiger partial charge on any atom is 0.251 e. The lowest BCUT2D eigenvalue weighted by Gasteiger charge is -2.16. The van der Waals surface area contributed by atoms with E-state index >= 15 is 0 Å². The van der Waals surface area contributed by atoms with Crippen molar-refractivity contribution < 1.29 is 14.6 Å². The van der Waals surface area contributed by atoms with Crippen LogP contribution in [0.4, 0.5) is 0 Å². The van der Waals surface area contributed by atoms with Crippen molar-refractivity contribution in [1.82, 2.24) is 16.0 Å². The summed E-state index contributed by atoms with van der Waals surface area (Å²) in [7, 11) is 0. The molecule has 0 unspecified atom stereocenters. The Morgan fingerprint density at radius 2 is 1.93 bits per heavy atom. The number of rotatable bonds is 10. The minimum Gasteiger partial charge on any atom is -0.508 e. The summed E-state index contributed by atoms with van der Waals surface area (Å²) in [5, 5.41) is 18.8. The van der Waals surface area contributed by atoms with Crippen molar-refractivity contribution in [3.05, 3.63) is 29.8 Å². The van der Waals surface area contributed by atoms with Crippen LogP contribution in [0.15, 0.2) is 29.3 Å². The summed E-state index contributed by atoms with van der Waals surface area (Å²) < 4.78 is 6.00. The van der Waals surface area contributed by atoms with Crippen LogP contribution in [0.3, 0.4) is 0 Å². The molecule has 0 aliphatic heterocycles. The van der Waals surface area contributed by atoms with Gasteiger partial charge in [0.05, 0.1) is 12.7 Å². The Morgan fingerprint density at radius 1 is 1.14 bits per heavy atom. The van der Waals surface area contributed by atoms with Crippen LogP contribution in [0, 0.1) is 0 Å². The zero-order valence-electron chi connectivity index (χ0n) is 17.6. The van der Waals surface area contributed by atoms with Crippen molar-refractivity contribution in [2.45, 2.75) is 58.0 Å². The van der Waals surface area contributed by atoms with Gasteiger partial charge in [0.25, 0.3) is 5.91 Å². The first kappa shape index (κ1) is 23.0. The third-order valence-corrected chi connectivity index (χ3v) is 4.89. The number of aliphatic imine (C=N–C) groups is 1. The van der Waals surface area contributed by atoms with E-state index < -0.39 is 0 Å². The third kappa shape index (κ3) is 9.65. The Labute approximate surface area is 174 Å². The topological polar surface area (TPSA) is 95.0 Å². The van der Waals surface area contributed by atoms with Gasteiger partial charge in [0.15, 0.2) is 5.96 Å². The molecule has 0 aromatic heterocycles. The molecule has 7 heteroatoms. The third-order valence-electron chi connectivity index (χ3n) is 4.89. The molecule has 0 atom stereocenters. The van der Waals surface area contributed by atoms with E-state index in [1.165, 1.54) is 44.6 Å². The molecule has 0 saturated heterocycles. The molecular formula is C22H36N4O3. The van der Waals surface area contributed by atoms with Crippen LogP contribution in [-0.4, -0.2) is 55.9 Å². The summed E-state index contributed by atoms with van der Waals surface area (Å²) in [5.41, 5.74) is 0.456. The van der Waals surface area contributed by atoms with E-state index in [1.54, 1.807) is 18.2 Å². The molecule has 29 heavy (non-hydrogen) atoms. The van der Waals surface area contributed by atoms with Gasteiger partial charge in [-0.15, -0.1) is 0 Å². The smallest absolute Gasteiger partial charge is 0.251 e. The molecule has 1 aromatic carbocycles. The van der Waals surface area contributed by atoms with Crippen LogP contribution < -0.4 is 16.0 Å². The molecule has 1 aliphatic rings. The lowest BCUT2D eigenvalue weighted by atomic mass is 10.1. The maximum absolute atomic E-state index is 12.0. The standard InChI is InChI=1S/C22H36N4O3/c1-2-23-22(26-15-16-29-20-11-5-3-4-6-12-20)25-14-8-13-24-21(28)18-9-7-10-19(27)17-18/h7,9-10,17,20,27H,2-6,8,11-16H2,1H3,(H,24,28)(H2,23,25,26). The zero-order valence-corrected chi connectivity index (χ0v) is 17.6. The van der Waals surface area contributed by atoms with Gasteiger partial charge >= 0.3 is 0 Å². The number of aromatic hydroxyl groups is 1. The van der Waals surface area contributed by atoms with Gasteiger partial charge in [-0.2, -0.15) is 0 Å². The van der Waals surface area contributed by atoms with Gasteiger partial charge < -0.3 is 25.8 Å². The van der Waals surface area contributed by atoms with Crippen LogP contribution in [0.25, 0.3) is 0 Å². The maximum atomic E-state index is 12.0. The number of guanidine groups is 1. The number of phenolic OH excluding ortho intramolecular Hbond substituents is 1. The number of nitrogens with zero attached hydrogens (tertiary/aromatic N) is 1. The number of hydrogen-bond donors (Lipinski definition) is 4. The number of ether oxygens (including phenoxy) is 1. The molecule has 2 rings (SSSR count). The number of phenols is 1. The van der Waals surface area contributed by atoms with Crippen LogP contribution in [0.5, 0.6) is 5.75 Å². The van der Waals surface area contributed by atoms with E-state index in [0.717, 1.165) is 25.5 Å². The van der Waals surface area contributed by atoms with E-state index in [9.17, 15) is 9.90 Å². The summed E-state index contributed by atoms with van der Waals surface area (Å²) in [6, 6.07) is 6.33. The molecule has 1 aliphatic carbocycles. The Bertz CT molecular complexity index is 628. The molecule has 162 valence electrons. The zero-order chi connectivity index (χ0) is 20.7. The van der Waals surface area contributed by atoms with E-state index in [-0.39, 0.29) is 11.7 Å². The van der Waals surface area contributed by atoms with Gasteiger partial charge in [-0.05, 0) is 44.4 Å². The van der Waals surface area contributed by atoms with Crippen LogP contribution in [-0.2, 0) is 4.74 Å². The van der Waals surface area contributed by atoms with Crippen molar-refractivity contribution in [3.8, 4) is 5.75 Å². The predicted molar refractivity (Wildman–Crippen MR) is 116 cm³/mol. The quantitative estimate of drug-likeness (QED) is 0.208. The summed E-state index contributed by atoms with van der Waals surface area (Å²) >= 11 is 0. The number of carbonyl (C=O) groups is 1. The van der Waals surface area contributed by atoms with Gasteiger partial charge in [0, 0.05) is 31.7 Å². The average Bonchev–Trinajstić information content (AvgIpc) is 2.99. The molecule has 0 radical (unpaired) electrons. The van der Waals surface area contributed by atoms with E-state index in [2.05, 4.69) is 20.9 Å². The second-order valence-electron chi connectivity index (χ2n) is 7.33. The molecule has 1 amide bonds. The van der Waals surface area contributed by atoms with Crippen molar-refractivity contribution in [3.63, 3.8) is 0 Å². The van der Waals surface area contributed by atoms with E-state index in [0.29, 0.717) is 31.4 Å². The first-order valence-electron chi connectivity index (χ1n) is 10.9. The minimum absolute atomic E-state index is 0.0895. The molecule has 0 spiro atoms. The minimum atomic E-state index is -0.189. The summed E-state index contributed by atoms with van der Waals surface area (Å²) in [6.45, 7) is 5.39. The number of amides is 1. The number of nitrogens with one attached hydrogen (secondary N) is 3. The van der Waals surface area contributed by atoms with Crippen LogP contribution in [0.2, 0.25) is 0 Å². The fraction of sp³-hybridized carbons (Fsp3) is 0.636. The number of hydrogen-bond acceptors (Lipinski definition) is 4. The van der Waals surface area contributed by atoms with Gasteiger partial charge in [-0.25, -0.2) is 0 Å². The monoisotopic (exact) mass is 404 g/mol. The Balaban J connectivity index is 1.61. The molecular weight excluding hydrogens is 368 g/mol. The largest absolute Gasteiger partial charge is 0.508 e. The van der Waals surface area contributed by atoms with Crippen molar-refractivity contribution in [1.29, 1.82) is 0 Å². The van der Waals surface area contributed by atoms with Crippen LogP contribution in [0.1, 0.15) is 62.2 Å². The van der Waals surface area contributed by atoms with Gasteiger partial charge in [0.2, 0.25) is 0 Å². The highest BCUT2D eigenvalue weighted by molar-refractivity contribution is 5.94. The fourth-order valence-electron chi connectivity index (χ4n) is 3.37. The molecule has 1 fully saturated rings. The first-order valence-corrected chi connectivity index (χ1v) is 10.9. The molecule has 0 bridgehead atoms. The first-order chi connectivity index (χ1) is 14.2. The van der Waals surface area contributed by atoms with Gasteiger partial charge in [0.1, 0.15) is 5.75 Å². The highest BCUT2D eigenvalue weighted by atomic mass is 16.5. The van der Waals surface area contributed by atoms with E-state index in [1.807, 2.05) is 6.92 Å². The van der Waals surface area contributed by atoms with E-state index in [4.69, 9.17) is 4.74 Å². The van der Waals surface area contributed by atoms with Gasteiger partial charge in [-0.1, -0.05) is 31.7 Å². The number of benzene rings is 1. The normalized spacial score (nSPS) is 15.6. The van der Waals surface area contributed by atoms with Crippen molar-refractivity contribution in [2.75, 3.05) is 32.8 Å². The molecule has 4 N–H and O–H groups in total. The summed E-state index contributed by atoms with van der Waals surface area (Å²) in [5.74, 6) is 0.675. The molecule has 0 heterocycles. The Hall–Kier alpha value is -2.28. The summed E-state index contributed by atoms with van der Waals surface area (Å²) in [6.07, 6.45) is 8.75. The fourth-order valence-corrected chi connectivity index (χ4v) is 3.37. The lowest BCUT2D eigenvalue weighted by molar-refractivity contribution is 0.0468. The predicted octanol–water partition coefficient (Wildman–Crippen LogP) is 2.81.